The highest BCUT2D eigenvalue weighted by Crippen LogP contribution is 2.16. The van der Waals surface area contributed by atoms with Crippen LogP contribution in [0.2, 0.25) is 0 Å². The Hall–Kier alpha value is -0.540. The fraction of sp³-hybridized carbons (Fsp3) is 0.600. The zero-order chi connectivity index (χ0) is 13.4. The van der Waals surface area contributed by atoms with Gasteiger partial charge in [0.05, 0.1) is 6.61 Å². The zero-order valence-electron chi connectivity index (χ0n) is 11.6. The maximum Gasteiger partial charge on any atom is 0.119 e. The molecule has 0 heterocycles. The molecule has 0 saturated heterocycles. The molecule has 1 aromatic carbocycles. The maximum absolute atomic E-state index is 5.72. The van der Waals surface area contributed by atoms with Crippen LogP contribution >= 0.6 is 15.9 Å². The van der Waals surface area contributed by atoms with Crippen molar-refractivity contribution in [3.63, 3.8) is 0 Å². The number of hydrogen-bond donors (Lipinski definition) is 1. The van der Waals surface area contributed by atoms with Crippen LogP contribution in [0.15, 0.2) is 28.7 Å². The van der Waals surface area contributed by atoms with Gasteiger partial charge in [-0.05, 0) is 49.6 Å². The van der Waals surface area contributed by atoms with E-state index < -0.39 is 0 Å². The van der Waals surface area contributed by atoms with Crippen molar-refractivity contribution in [3.8, 4) is 5.75 Å². The molecule has 0 spiro atoms. The minimum atomic E-state index is 0.600. The second kappa shape index (κ2) is 8.54. The lowest BCUT2D eigenvalue weighted by Gasteiger charge is -2.21. The molecule has 1 atom stereocenters. The lowest BCUT2D eigenvalue weighted by atomic mass is 9.99. The molecular weight excluding hydrogens is 290 g/mol. The second-order valence-corrected chi connectivity index (χ2v) is 5.77. The smallest absolute Gasteiger partial charge is 0.119 e. The summed E-state index contributed by atoms with van der Waals surface area (Å²) in [6, 6.07) is 8.60. The van der Waals surface area contributed by atoms with Crippen molar-refractivity contribution in [2.75, 3.05) is 13.2 Å². The first-order valence-electron chi connectivity index (χ1n) is 6.75. The first-order chi connectivity index (χ1) is 8.63. The van der Waals surface area contributed by atoms with Gasteiger partial charge in [-0.1, -0.05) is 36.7 Å². The summed E-state index contributed by atoms with van der Waals surface area (Å²) in [6.07, 6.45) is 2.26. The molecule has 1 aromatic rings. The van der Waals surface area contributed by atoms with Gasteiger partial charge in [-0.15, -0.1) is 0 Å². The molecule has 0 radical (unpaired) electrons. The van der Waals surface area contributed by atoms with Crippen LogP contribution in [-0.2, 0) is 0 Å². The van der Waals surface area contributed by atoms with Gasteiger partial charge in [0.25, 0.3) is 0 Å². The van der Waals surface area contributed by atoms with Crippen LogP contribution in [0.4, 0.5) is 0 Å². The van der Waals surface area contributed by atoms with Gasteiger partial charge in [-0.25, -0.2) is 0 Å². The quantitative estimate of drug-likeness (QED) is 0.725. The topological polar surface area (TPSA) is 21.3 Å². The lowest BCUT2D eigenvalue weighted by Crippen LogP contribution is -2.33. The molecular formula is C15H24BrNO. The van der Waals surface area contributed by atoms with Crippen molar-refractivity contribution in [1.29, 1.82) is 0 Å². The fourth-order valence-corrected chi connectivity index (χ4v) is 2.22. The molecule has 1 rings (SSSR count). The molecule has 1 N–H and O–H groups in total. The molecule has 18 heavy (non-hydrogen) atoms. The minimum absolute atomic E-state index is 0.600. The third-order valence-corrected chi connectivity index (χ3v) is 3.54. The molecule has 3 heteroatoms. The molecule has 0 saturated carbocycles. The molecule has 0 bridgehead atoms. The van der Waals surface area contributed by atoms with Gasteiger partial charge in [0.15, 0.2) is 0 Å². The SMILES string of the molecule is CCNC(CCCOc1ccc(Br)cc1)C(C)C. The summed E-state index contributed by atoms with van der Waals surface area (Å²) in [5.41, 5.74) is 0. The van der Waals surface area contributed by atoms with Crippen LogP contribution in [0.25, 0.3) is 0 Å². The normalized spacial score (nSPS) is 12.7. The van der Waals surface area contributed by atoms with Crippen molar-refractivity contribution < 1.29 is 4.74 Å². The van der Waals surface area contributed by atoms with E-state index in [1.165, 1.54) is 6.42 Å². The number of nitrogens with one attached hydrogen (secondary N) is 1. The molecule has 2 nitrogen and oxygen atoms in total. The van der Waals surface area contributed by atoms with E-state index in [0.717, 1.165) is 29.8 Å². The number of halogens is 1. The first kappa shape index (κ1) is 15.5. The summed E-state index contributed by atoms with van der Waals surface area (Å²) in [5.74, 6) is 1.63. The van der Waals surface area contributed by atoms with Crippen LogP contribution in [0.5, 0.6) is 5.75 Å². The third-order valence-electron chi connectivity index (χ3n) is 3.01. The first-order valence-corrected chi connectivity index (χ1v) is 7.54. The number of ether oxygens (including phenoxy) is 1. The predicted molar refractivity (Wildman–Crippen MR) is 81.2 cm³/mol. The van der Waals surface area contributed by atoms with Gasteiger partial charge < -0.3 is 10.1 Å². The van der Waals surface area contributed by atoms with Crippen molar-refractivity contribution in [3.05, 3.63) is 28.7 Å². The average molecular weight is 314 g/mol. The van der Waals surface area contributed by atoms with Crippen LogP contribution in [0, 0.1) is 5.92 Å². The summed E-state index contributed by atoms with van der Waals surface area (Å²) in [4.78, 5) is 0. The van der Waals surface area contributed by atoms with Gasteiger partial charge in [0.1, 0.15) is 5.75 Å². The second-order valence-electron chi connectivity index (χ2n) is 4.85. The molecule has 0 aliphatic rings. The molecule has 0 aromatic heterocycles. The van der Waals surface area contributed by atoms with Gasteiger partial charge in [-0.3, -0.25) is 0 Å². The molecule has 0 aliphatic heterocycles. The lowest BCUT2D eigenvalue weighted by molar-refractivity contribution is 0.283. The Labute approximate surface area is 119 Å². The molecule has 0 fully saturated rings. The Bertz CT molecular complexity index is 324. The highest BCUT2D eigenvalue weighted by molar-refractivity contribution is 9.10. The summed E-state index contributed by atoms with van der Waals surface area (Å²) in [5, 5.41) is 3.53. The van der Waals surface area contributed by atoms with E-state index >= 15 is 0 Å². The van der Waals surface area contributed by atoms with Crippen molar-refractivity contribution >= 4 is 15.9 Å². The van der Waals surface area contributed by atoms with Gasteiger partial charge >= 0.3 is 0 Å². The van der Waals surface area contributed by atoms with E-state index in [2.05, 4.69) is 42.0 Å². The molecule has 1 unspecified atom stereocenters. The minimum Gasteiger partial charge on any atom is -0.494 e. The standard InChI is InChI=1S/C15H24BrNO/c1-4-17-15(12(2)3)6-5-11-18-14-9-7-13(16)8-10-14/h7-10,12,15,17H,4-6,11H2,1-3H3. The summed E-state index contributed by atoms with van der Waals surface area (Å²) < 4.78 is 6.81. The number of rotatable bonds is 8. The molecule has 0 amide bonds. The Morgan fingerprint density at radius 3 is 2.44 bits per heavy atom. The summed E-state index contributed by atoms with van der Waals surface area (Å²) in [6.45, 7) is 8.52. The average Bonchev–Trinajstić information content (AvgIpc) is 2.35. The fourth-order valence-electron chi connectivity index (χ4n) is 1.96. The van der Waals surface area contributed by atoms with Crippen LogP contribution in [-0.4, -0.2) is 19.2 Å². The number of benzene rings is 1. The Morgan fingerprint density at radius 2 is 1.89 bits per heavy atom. The van der Waals surface area contributed by atoms with Gasteiger partial charge in [-0.2, -0.15) is 0 Å². The summed E-state index contributed by atoms with van der Waals surface area (Å²) >= 11 is 3.42. The summed E-state index contributed by atoms with van der Waals surface area (Å²) in [7, 11) is 0. The molecule has 0 aliphatic carbocycles. The Kier molecular flexibility index (Phi) is 7.36. The Morgan fingerprint density at radius 1 is 1.22 bits per heavy atom. The van der Waals surface area contributed by atoms with Crippen molar-refractivity contribution in [2.24, 2.45) is 5.92 Å². The van der Waals surface area contributed by atoms with E-state index in [4.69, 9.17) is 4.74 Å². The highest BCUT2D eigenvalue weighted by Gasteiger charge is 2.11. The van der Waals surface area contributed by atoms with E-state index in [1.54, 1.807) is 0 Å². The number of hydrogen-bond acceptors (Lipinski definition) is 2. The van der Waals surface area contributed by atoms with Crippen LogP contribution < -0.4 is 10.1 Å². The van der Waals surface area contributed by atoms with Crippen LogP contribution in [0.3, 0.4) is 0 Å². The predicted octanol–water partition coefficient (Wildman–Crippen LogP) is 4.24. The largest absolute Gasteiger partial charge is 0.494 e. The van der Waals surface area contributed by atoms with E-state index in [9.17, 15) is 0 Å². The Balaban J connectivity index is 2.23. The highest BCUT2D eigenvalue weighted by atomic mass is 79.9. The van der Waals surface area contributed by atoms with E-state index in [0.29, 0.717) is 12.0 Å². The van der Waals surface area contributed by atoms with Crippen molar-refractivity contribution in [1.82, 2.24) is 5.32 Å². The third kappa shape index (κ3) is 5.87. The maximum atomic E-state index is 5.72. The monoisotopic (exact) mass is 313 g/mol. The molecule has 102 valence electrons. The van der Waals surface area contributed by atoms with Gasteiger partial charge in [0, 0.05) is 10.5 Å². The zero-order valence-corrected chi connectivity index (χ0v) is 13.2. The van der Waals surface area contributed by atoms with E-state index in [-0.39, 0.29) is 0 Å². The van der Waals surface area contributed by atoms with E-state index in [1.807, 2.05) is 24.3 Å². The van der Waals surface area contributed by atoms with Crippen molar-refractivity contribution in [2.45, 2.75) is 39.7 Å². The van der Waals surface area contributed by atoms with Crippen LogP contribution in [0.1, 0.15) is 33.6 Å². The van der Waals surface area contributed by atoms with Gasteiger partial charge in [0.2, 0.25) is 0 Å².